The van der Waals surface area contributed by atoms with Crippen molar-refractivity contribution in [1.29, 1.82) is 0 Å². The van der Waals surface area contributed by atoms with Gasteiger partial charge in [0.15, 0.2) is 5.65 Å². The third-order valence-electron chi connectivity index (χ3n) is 2.53. The Morgan fingerprint density at radius 3 is 2.75 bits per heavy atom. The predicted molar refractivity (Wildman–Crippen MR) is 73.9 cm³/mol. The summed E-state index contributed by atoms with van der Waals surface area (Å²) < 4.78 is 14.4. The number of amides is 1. The van der Waals surface area contributed by atoms with Crippen LogP contribution in [-0.2, 0) is 4.79 Å². The maximum atomic E-state index is 13.0. The summed E-state index contributed by atoms with van der Waals surface area (Å²) in [6.45, 7) is 7.43. The molecule has 0 radical (unpaired) electrons. The number of nitrogens with one attached hydrogen (secondary N) is 2. The molecule has 7 heteroatoms. The second kappa shape index (κ2) is 5.07. The summed E-state index contributed by atoms with van der Waals surface area (Å²) in [6.07, 6.45) is 1.23. The SMILES string of the molecule is CC(Nc1nc2ccc(F)cn2n1)C(=O)NC(C)(C)C. The number of pyridine rings is 1. The summed E-state index contributed by atoms with van der Waals surface area (Å²) in [6, 6.07) is 2.34. The fourth-order valence-corrected chi connectivity index (χ4v) is 1.66. The van der Waals surface area contributed by atoms with Gasteiger partial charge in [-0.15, -0.1) is 5.10 Å². The first-order valence-corrected chi connectivity index (χ1v) is 6.35. The molecule has 0 aromatic carbocycles. The number of fused-ring (bicyclic) bond motifs is 1. The van der Waals surface area contributed by atoms with Gasteiger partial charge in [0.1, 0.15) is 11.9 Å². The predicted octanol–water partition coefficient (Wildman–Crippen LogP) is 1.58. The van der Waals surface area contributed by atoms with Crippen LogP contribution in [0.4, 0.5) is 10.3 Å². The molecule has 2 heterocycles. The van der Waals surface area contributed by atoms with Gasteiger partial charge in [0.2, 0.25) is 11.9 Å². The molecule has 1 atom stereocenters. The summed E-state index contributed by atoms with van der Waals surface area (Å²) in [5.74, 6) is -0.262. The van der Waals surface area contributed by atoms with Crippen LogP contribution in [0.15, 0.2) is 18.3 Å². The van der Waals surface area contributed by atoms with E-state index in [9.17, 15) is 9.18 Å². The van der Waals surface area contributed by atoms with Gasteiger partial charge in [0.25, 0.3) is 0 Å². The van der Waals surface area contributed by atoms with Gasteiger partial charge >= 0.3 is 0 Å². The van der Waals surface area contributed by atoms with Gasteiger partial charge in [-0.25, -0.2) is 8.91 Å². The highest BCUT2D eigenvalue weighted by Crippen LogP contribution is 2.08. The zero-order valence-corrected chi connectivity index (χ0v) is 11.9. The third-order valence-corrected chi connectivity index (χ3v) is 2.53. The van der Waals surface area contributed by atoms with E-state index in [1.807, 2.05) is 20.8 Å². The number of anilines is 1. The molecule has 1 unspecified atom stereocenters. The Morgan fingerprint density at radius 1 is 1.40 bits per heavy atom. The van der Waals surface area contributed by atoms with E-state index in [1.54, 1.807) is 6.92 Å². The fraction of sp³-hybridized carbons (Fsp3) is 0.462. The largest absolute Gasteiger partial charge is 0.350 e. The summed E-state index contributed by atoms with van der Waals surface area (Å²) in [4.78, 5) is 16.1. The van der Waals surface area contributed by atoms with Gasteiger partial charge in [-0.1, -0.05) is 0 Å². The Hall–Kier alpha value is -2.18. The van der Waals surface area contributed by atoms with E-state index in [4.69, 9.17) is 0 Å². The van der Waals surface area contributed by atoms with Crippen molar-refractivity contribution in [3.63, 3.8) is 0 Å². The first-order valence-electron chi connectivity index (χ1n) is 6.35. The van der Waals surface area contributed by atoms with Crippen LogP contribution in [0.1, 0.15) is 27.7 Å². The molecule has 0 bridgehead atoms. The van der Waals surface area contributed by atoms with E-state index < -0.39 is 11.9 Å². The first kappa shape index (κ1) is 14.2. The molecule has 0 aliphatic rings. The Kier molecular flexibility index (Phi) is 3.61. The van der Waals surface area contributed by atoms with Crippen molar-refractivity contribution in [2.45, 2.75) is 39.3 Å². The average Bonchev–Trinajstić information content (AvgIpc) is 2.67. The molecular weight excluding hydrogens is 261 g/mol. The lowest BCUT2D eigenvalue weighted by molar-refractivity contribution is -0.122. The zero-order valence-electron chi connectivity index (χ0n) is 11.9. The van der Waals surface area contributed by atoms with Crippen molar-refractivity contribution in [3.05, 3.63) is 24.1 Å². The molecule has 20 heavy (non-hydrogen) atoms. The summed E-state index contributed by atoms with van der Waals surface area (Å²) in [5.41, 5.74) is 0.208. The Labute approximate surface area is 116 Å². The van der Waals surface area contributed by atoms with Crippen molar-refractivity contribution in [2.24, 2.45) is 0 Å². The van der Waals surface area contributed by atoms with Crippen LogP contribution in [0.5, 0.6) is 0 Å². The molecule has 6 nitrogen and oxygen atoms in total. The molecule has 2 rings (SSSR count). The van der Waals surface area contributed by atoms with Gasteiger partial charge in [0, 0.05) is 5.54 Å². The lowest BCUT2D eigenvalue weighted by atomic mass is 10.1. The zero-order chi connectivity index (χ0) is 14.9. The highest BCUT2D eigenvalue weighted by Gasteiger charge is 2.20. The molecule has 0 aliphatic carbocycles. The number of carbonyl (C=O) groups excluding carboxylic acids is 1. The maximum Gasteiger partial charge on any atom is 0.243 e. The second-order valence-corrected chi connectivity index (χ2v) is 5.69. The number of carbonyl (C=O) groups is 1. The molecule has 0 saturated carbocycles. The number of hydrogen-bond acceptors (Lipinski definition) is 4. The van der Waals surface area contributed by atoms with E-state index in [1.165, 1.54) is 22.8 Å². The highest BCUT2D eigenvalue weighted by atomic mass is 19.1. The number of hydrogen-bond donors (Lipinski definition) is 2. The van der Waals surface area contributed by atoms with Crippen molar-refractivity contribution >= 4 is 17.5 Å². The Balaban J connectivity index is 2.09. The molecule has 108 valence electrons. The molecule has 1 amide bonds. The van der Waals surface area contributed by atoms with Gasteiger partial charge in [-0.05, 0) is 39.8 Å². The molecule has 0 fully saturated rings. The molecule has 2 aromatic heterocycles. The monoisotopic (exact) mass is 279 g/mol. The van der Waals surface area contributed by atoms with E-state index >= 15 is 0 Å². The molecular formula is C13H18FN5O. The average molecular weight is 279 g/mol. The minimum Gasteiger partial charge on any atom is -0.350 e. The van der Waals surface area contributed by atoms with Gasteiger partial charge in [0.05, 0.1) is 6.20 Å². The van der Waals surface area contributed by atoms with Gasteiger partial charge in [-0.3, -0.25) is 4.79 Å². The molecule has 2 N–H and O–H groups in total. The third kappa shape index (κ3) is 3.43. The topological polar surface area (TPSA) is 71.3 Å². The number of aromatic nitrogens is 3. The van der Waals surface area contributed by atoms with Crippen molar-refractivity contribution < 1.29 is 9.18 Å². The number of rotatable bonds is 3. The van der Waals surface area contributed by atoms with Crippen LogP contribution in [0.2, 0.25) is 0 Å². The van der Waals surface area contributed by atoms with Crippen molar-refractivity contribution in [2.75, 3.05) is 5.32 Å². The van der Waals surface area contributed by atoms with E-state index in [2.05, 4.69) is 20.7 Å². The normalized spacial score (nSPS) is 13.2. The van der Waals surface area contributed by atoms with Crippen LogP contribution in [0.25, 0.3) is 5.65 Å². The lowest BCUT2D eigenvalue weighted by Crippen LogP contribution is -2.47. The molecule has 0 spiro atoms. The van der Waals surface area contributed by atoms with Crippen LogP contribution in [0, 0.1) is 5.82 Å². The Bertz CT molecular complexity index is 631. The molecule has 0 aliphatic heterocycles. The van der Waals surface area contributed by atoms with Crippen LogP contribution >= 0.6 is 0 Å². The minimum absolute atomic E-state index is 0.150. The number of nitrogens with zero attached hydrogens (tertiary/aromatic N) is 3. The first-order chi connectivity index (χ1) is 9.24. The minimum atomic E-state index is -0.489. The van der Waals surface area contributed by atoms with Crippen molar-refractivity contribution in [1.82, 2.24) is 19.9 Å². The summed E-state index contributed by atoms with van der Waals surface area (Å²) >= 11 is 0. The molecule has 2 aromatic rings. The van der Waals surface area contributed by atoms with E-state index in [0.717, 1.165) is 0 Å². The summed E-state index contributed by atoms with van der Waals surface area (Å²) in [7, 11) is 0. The second-order valence-electron chi connectivity index (χ2n) is 5.69. The highest BCUT2D eigenvalue weighted by molar-refractivity contribution is 5.84. The standard InChI is InChI=1S/C13H18FN5O/c1-8(11(20)17-13(2,3)4)15-12-16-10-6-5-9(14)7-19(10)18-12/h5-8H,1-4H3,(H,15,18)(H,17,20). The van der Waals surface area contributed by atoms with E-state index in [0.29, 0.717) is 5.65 Å². The van der Waals surface area contributed by atoms with Crippen LogP contribution < -0.4 is 10.6 Å². The smallest absolute Gasteiger partial charge is 0.243 e. The van der Waals surface area contributed by atoms with E-state index in [-0.39, 0.29) is 17.4 Å². The van der Waals surface area contributed by atoms with Gasteiger partial charge in [-0.2, -0.15) is 4.98 Å². The fourth-order valence-electron chi connectivity index (χ4n) is 1.66. The Morgan fingerprint density at radius 2 is 2.10 bits per heavy atom. The maximum absolute atomic E-state index is 13.0. The van der Waals surface area contributed by atoms with Crippen molar-refractivity contribution in [3.8, 4) is 0 Å². The van der Waals surface area contributed by atoms with Crippen LogP contribution in [0.3, 0.4) is 0 Å². The quantitative estimate of drug-likeness (QED) is 0.895. The number of halogens is 1. The van der Waals surface area contributed by atoms with Gasteiger partial charge < -0.3 is 10.6 Å². The summed E-state index contributed by atoms with van der Waals surface area (Å²) in [5, 5.41) is 9.82. The lowest BCUT2D eigenvalue weighted by Gasteiger charge is -2.23. The molecule has 0 saturated heterocycles. The van der Waals surface area contributed by atoms with Crippen LogP contribution in [-0.4, -0.2) is 32.1 Å².